The topological polar surface area (TPSA) is 95.0 Å². The molecule has 1 unspecified atom stereocenters. The summed E-state index contributed by atoms with van der Waals surface area (Å²) in [6.07, 6.45) is -0.0564. The van der Waals surface area contributed by atoms with E-state index < -0.39 is 17.8 Å². The molecule has 1 saturated heterocycles. The Morgan fingerprint density at radius 1 is 1.19 bits per heavy atom. The fraction of sp³-hybridized carbons (Fsp3) is 0.286. The monoisotopic (exact) mass is 288 g/mol. The van der Waals surface area contributed by atoms with Gasteiger partial charge in [-0.25, -0.2) is 0 Å². The first-order chi connectivity index (χ1) is 9.90. The number of benzene rings is 1. The zero-order chi connectivity index (χ0) is 15.3. The number of carboxylic acid groups (broad SMARTS) is 1. The van der Waals surface area contributed by atoms with Crippen LogP contribution >= 0.6 is 0 Å². The molecule has 1 fully saturated rings. The molecule has 0 spiro atoms. The van der Waals surface area contributed by atoms with Crippen molar-refractivity contribution < 1.29 is 24.3 Å². The fourth-order valence-corrected chi connectivity index (χ4v) is 2.64. The maximum absolute atomic E-state index is 11.9. The van der Waals surface area contributed by atoms with E-state index in [-0.39, 0.29) is 30.3 Å². The van der Waals surface area contributed by atoms with E-state index in [0.29, 0.717) is 11.3 Å². The smallest absolute Gasteiger partial charge is 0.308 e. The first kappa shape index (κ1) is 13.3. The summed E-state index contributed by atoms with van der Waals surface area (Å²) in [5.74, 6) is -2.85. The highest BCUT2D eigenvalue weighted by molar-refractivity contribution is 6.21. The Labute approximate surface area is 119 Å². The lowest BCUT2D eigenvalue weighted by molar-refractivity contribution is -0.141. The molecule has 0 radical (unpaired) electrons. The van der Waals surface area contributed by atoms with Gasteiger partial charge in [-0.3, -0.25) is 24.1 Å². The van der Waals surface area contributed by atoms with Crippen molar-refractivity contribution in [2.75, 3.05) is 18.5 Å². The van der Waals surface area contributed by atoms with E-state index in [0.717, 1.165) is 4.90 Å². The van der Waals surface area contributed by atoms with Crippen LogP contribution in [0.5, 0.6) is 0 Å². The molecule has 2 heterocycles. The maximum Gasteiger partial charge on any atom is 0.308 e. The first-order valence-electron chi connectivity index (χ1n) is 6.39. The molecule has 21 heavy (non-hydrogen) atoms. The van der Waals surface area contributed by atoms with Crippen molar-refractivity contribution in [2.45, 2.75) is 6.42 Å². The number of hydrogen-bond acceptors (Lipinski definition) is 4. The van der Waals surface area contributed by atoms with E-state index in [1.165, 1.54) is 24.1 Å². The summed E-state index contributed by atoms with van der Waals surface area (Å²) in [5.41, 5.74) is 0.984. The van der Waals surface area contributed by atoms with Gasteiger partial charge in [0.15, 0.2) is 0 Å². The van der Waals surface area contributed by atoms with Crippen LogP contribution in [-0.4, -0.2) is 47.3 Å². The van der Waals surface area contributed by atoms with E-state index in [4.69, 9.17) is 5.11 Å². The number of carbonyl (C=O) groups is 4. The lowest BCUT2D eigenvalue weighted by atomic mass is 10.1. The average molecular weight is 288 g/mol. The van der Waals surface area contributed by atoms with Crippen molar-refractivity contribution in [3.05, 3.63) is 29.3 Å². The Balaban J connectivity index is 1.96. The van der Waals surface area contributed by atoms with Crippen molar-refractivity contribution in [3.8, 4) is 0 Å². The van der Waals surface area contributed by atoms with Crippen LogP contribution in [0.2, 0.25) is 0 Å². The second-order valence-corrected chi connectivity index (χ2v) is 5.14. The molecule has 7 heteroatoms. The molecule has 2 aliphatic heterocycles. The van der Waals surface area contributed by atoms with Crippen LogP contribution in [0.3, 0.4) is 0 Å². The van der Waals surface area contributed by atoms with Crippen LogP contribution in [0.1, 0.15) is 27.1 Å². The molecule has 3 rings (SSSR count). The number of carboxylic acids is 1. The van der Waals surface area contributed by atoms with E-state index >= 15 is 0 Å². The summed E-state index contributed by atoms with van der Waals surface area (Å²) in [6.45, 7) is 0.0743. The SMILES string of the molecule is CN1C(=O)c2ccc(N3CC(C(=O)O)CC3=O)cc2C1=O. The number of nitrogens with zero attached hydrogens (tertiary/aromatic N) is 2. The summed E-state index contributed by atoms with van der Waals surface area (Å²) >= 11 is 0. The van der Waals surface area contributed by atoms with Gasteiger partial charge in [-0.2, -0.15) is 0 Å². The predicted molar refractivity (Wildman–Crippen MR) is 71.0 cm³/mol. The molecule has 1 aromatic rings. The molecule has 108 valence electrons. The highest BCUT2D eigenvalue weighted by atomic mass is 16.4. The van der Waals surface area contributed by atoms with Gasteiger partial charge < -0.3 is 10.0 Å². The number of amides is 3. The van der Waals surface area contributed by atoms with Gasteiger partial charge in [0.05, 0.1) is 17.0 Å². The Bertz CT molecular complexity index is 697. The van der Waals surface area contributed by atoms with Gasteiger partial charge in [-0.1, -0.05) is 0 Å². The second kappa shape index (κ2) is 4.41. The molecular weight excluding hydrogens is 276 g/mol. The van der Waals surface area contributed by atoms with E-state index in [1.807, 2.05) is 0 Å². The lowest BCUT2D eigenvalue weighted by Gasteiger charge is -2.16. The van der Waals surface area contributed by atoms with E-state index in [2.05, 4.69) is 0 Å². The van der Waals surface area contributed by atoms with Crippen molar-refractivity contribution in [1.29, 1.82) is 0 Å². The normalized spacial score (nSPS) is 21.2. The van der Waals surface area contributed by atoms with Crippen molar-refractivity contribution in [3.63, 3.8) is 0 Å². The second-order valence-electron chi connectivity index (χ2n) is 5.14. The number of rotatable bonds is 2. The Morgan fingerprint density at radius 3 is 2.48 bits per heavy atom. The van der Waals surface area contributed by atoms with E-state index in [1.54, 1.807) is 6.07 Å². The molecule has 0 saturated carbocycles. The summed E-state index contributed by atoms with van der Waals surface area (Å²) in [4.78, 5) is 48.9. The third-order valence-electron chi connectivity index (χ3n) is 3.86. The Hall–Kier alpha value is -2.70. The summed E-state index contributed by atoms with van der Waals surface area (Å²) in [6, 6.07) is 4.53. The van der Waals surface area contributed by atoms with Crippen LogP contribution in [0.25, 0.3) is 0 Å². The number of carbonyl (C=O) groups excluding carboxylic acids is 3. The number of fused-ring (bicyclic) bond motifs is 1. The van der Waals surface area contributed by atoms with Crippen molar-refractivity contribution in [1.82, 2.24) is 4.90 Å². The first-order valence-corrected chi connectivity index (χ1v) is 6.39. The van der Waals surface area contributed by atoms with Crippen LogP contribution in [0.15, 0.2) is 18.2 Å². The third kappa shape index (κ3) is 1.89. The fourth-order valence-electron chi connectivity index (χ4n) is 2.64. The van der Waals surface area contributed by atoms with Crippen LogP contribution in [-0.2, 0) is 9.59 Å². The van der Waals surface area contributed by atoms with Crippen molar-refractivity contribution in [2.24, 2.45) is 5.92 Å². The van der Waals surface area contributed by atoms with Gasteiger partial charge in [0, 0.05) is 25.7 Å². The number of aliphatic carboxylic acids is 1. The molecule has 3 amide bonds. The molecule has 7 nitrogen and oxygen atoms in total. The van der Waals surface area contributed by atoms with Gasteiger partial charge in [0.1, 0.15) is 0 Å². The summed E-state index contributed by atoms with van der Waals surface area (Å²) in [7, 11) is 1.39. The molecular formula is C14H12N2O5. The molecule has 1 atom stereocenters. The molecule has 2 aliphatic rings. The van der Waals surface area contributed by atoms with Gasteiger partial charge >= 0.3 is 5.97 Å². The zero-order valence-corrected chi connectivity index (χ0v) is 11.2. The van der Waals surface area contributed by atoms with E-state index in [9.17, 15) is 19.2 Å². The summed E-state index contributed by atoms with van der Waals surface area (Å²) in [5, 5.41) is 8.98. The van der Waals surface area contributed by atoms with Crippen molar-refractivity contribution >= 4 is 29.4 Å². The lowest BCUT2D eigenvalue weighted by Crippen LogP contribution is -2.26. The standard InChI is InChI=1S/C14H12N2O5/c1-15-12(18)9-3-2-8(5-10(9)13(15)19)16-6-7(14(20)21)4-11(16)17/h2-3,5,7H,4,6H2,1H3,(H,20,21). The predicted octanol–water partition coefficient (Wildman–Crippen LogP) is 0.350. The van der Waals surface area contributed by atoms with Crippen LogP contribution in [0, 0.1) is 5.92 Å². The molecule has 1 N–H and O–H groups in total. The average Bonchev–Trinajstić information content (AvgIpc) is 2.94. The molecule has 0 aromatic heterocycles. The van der Waals surface area contributed by atoms with Crippen LogP contribution < -0.4 is 4.90 Å². The van der Waals surface area contributed by atoms with Crippen LogP contribution in [0.4, 0.5) is 5.69 Å². The number of imide groups is 1. The highest BCUT2D eigenvalue weighted by Crippen LogP contribution is 2.30. The molecule has 0 bridgehead atoms. The van der Waals surface area contributed by atoms with Gasteiger partial charge in [-0.15, -0.1) is 0 Å². The zero-order valence-electron chi connectivity index (χ0n) is 11.2. The minimum Gasteiger partial charge on any atom is -0.481 e. The molecule has 0 aliphatic carbocycles. The summed E-state index contributed by atoms with van der Waals surface area (Å²) < 4.78 is 0. The molecule has 1 aromatic carbocycles. The Morgan fingerprint density at radius 2 is 1.86 bits per heavy atom. The maximum atomic E-state index is 11.9. The van der Waals surface area contributed by atoms with Gasteiger partial charge in [0.2, 0.25) is 5.91 Å². The quantitative estimate of drug-likeness (QED) is 0.792. The van der Waals surface area contributed by atoms with Gasteiger partial charge in [0.25, 0.3) is 11.8 Å². The third-order valence-corrected chi connectivity index (χ3v) is 3.86. The number of hydrogen-bond donors (Lipinski definition) is 1. The highest BCUT2D eigenvalue weighted by Gasteiger charge is 2.37. The largest absolute Gasteiger partial charge is 0.481 e. The van der Waals surface area contributed by atoms with Gasteiger partial charge in [-0.05, 0) is 18.2 Å². The number of anilines is 1. The minimum absolute atomic E-state index is 0.0564. The minimum atomic E-state index is -1.02. The Kier molecular flexibility index (Phi) is 2.79.